The van der Waals surface area contributed by atoms with Crippen molar-refractivity contribution in [2.75, 3.05) is 0 Å². The lowest BCUT2D eigenvalue weighted by Gasteiger charge is -2.04. The Kier molecular flexibility index (Phi) is 3.03. The molecule has 0 saturated carbocycles. The van der Waals surface area contributed by atoms with E-state index in [1.807, 2.05) is 25.1 Å². The van der Waals surface area contributed by atoms with E-state index in [0.717, 1.165) is 16.7 Å². The topological polar surface area (TPSA) is 69.1 Å². The van der Waals surface area contributed by atoms with E-state index in [1.54, 1.807) is 0 Å². The molecule has 0 fully saturated rings. The molecular weight excluding hydrogens is 164 g/mol. The molecule has 0 aliphatic rings. The molecule has 0 heterocycles. The highest BCUT2D eigenvalue weighted by Gasteiger charge is 2.01. The molecule has 0 radical (unpaired) electrons. The first-order valence-corrected chi connectivity index (χ1v) is 4.20. The molecule has 0 spiro atoms. The van der Waals surface area contributed by atoms with Gasteiger partial charge in [0.05, 0.1) is 6.42 Å². The molecule has 1 rings (SSSR count). The largest absolute Gasteiger partial charge is 0.369 e. The van der Waals surface area contributed by atoms with Gasteiger partial charge in [-0.2, -0.15) is 0 Å². The summed E-state index contributed by atoms with van der Waals surface area (Å²) in [4.78, 5) is 10.6. The van der Waals surface area contributed by atoms with Crippen LogP contribution < -0.4 is 11.5 Å². The maximum absolute atomic E-state index is 10.6. The van der Waals surface area contributed by atoms with E-state index in [0.29, 0.717) is 13.0 Å². The summed E-state index contributed by atoms with van der Waals surface area (Å²) < 4.78 is 0. The summed E-state index contributed by atoms with van der Waals surface area (Å²) in [6.45, 7) is 2.51. The Bertz CT molecular complexity index is 321. The molecule has 13 heavy (non-hydrogen) atoms. The van der Waals surface area contributed by atoms with Gasteiger partial charge in [-0.25, -0.2) is 0 Å². The van der Waals surface area contributed by atoms with Crippen LogP contribution in [0.4, 0.5) is 0 Å². The van der Waals surface area contributed by atoms with Crippen LogP contribution in [0, 0.1) is 6.92 Å². The Balaban J connectivity index is 2.89. The van der Waals surface area contributed by atoms with Gasteiger partial charge in [-0.3, -0.25) is 4.79 Å². The van der Waals surface area contributed by atoms with Gasteiger partial charge in [-0.05, 0) is 23.6 Å². The molecule has 1 amide bonds. The molecule has 3 nitrogen and oxygen atoms in total. The lowest BCUT2D eigenvalue weighted by Crippen LogP contribution is -2.13. The van der Waals surface area contributed by atoms with Crippen LogP contribution in [-0.2, 0) is 17.8 Å². The van der Waals surface area contributed by atoms with Crippen LogP contribution in [0.2, 0.25) is 0 Å². The summed E-state index contributed by atoms with van der Waals surface area (Å²) in [5, 5.41) is 0. The minimum absolute atomic E-state index is 0.297. The third kappa shape index (κ3) is 2.56. The Morgan fingerprint density at radius 3 is 2.62 bits per heavy atom. The highest BCUT2D eigenvalue weighted by Crippen LogP contribution is 2.10. The predicted molar refractivity (Wildman–Crippen MR) is 52.0 cm³/mol. The Hall–Kier alpha value is -1.35. The maximum Gasteiger partial charge on any atom is 0.221 e. The number of carbonyl (C=O) groups excluding carboxylic acids is 1. The first kappa shape index (κ1) is 9.74. The number of rotatable bonds is 3. The van der Waals surface area contributed by atoms with Crippen LogP contribution in [0.5, 0.6) is 0 Å². The Morgan fingerprint density at radius 2 is 2.15 bits per heavy atom. The number of carbonyl (C=O) groups is 1. The molecule has 0 atom stereocenters. The second-order valence-electron chi connectivity index (χ2n) is 3.11. The summed E-state index contributed by atoms with van der Waals surface area (Å²) in [6.07, 6.45) is 0.297. The number of aryl methyl sites for hydroxylation is 1. The highest BCUT2D eigenvalue weighted by atomic mass is 16.1. The van der Waals surface area contributed by atoms with Gasteiger partial charge in [-0.15, -0.1) is 0 Å². The van der Waals surface area contributed by atoms with Gasteiger partial charge in [0.25, 0.3) is 0 Å². The summed E-state index contributed by atoms with van der Waals surface area (Å²) in [5.74, 6) is -0.306. The van der Waals surface area contributed by atoms with Crippen molar-refractivity contribution in [1.29, 1.82) is 0 Å². The minimum atomic E-state index is -0.306. The fourth-order valence-corrected chi connectivity index (χ4v) is 1.30. The average Bonchev–Trinajstić information content (AvgIpc) is 2.03. The summed E-state index contributed by atoms with van der Waals surface area (Å²) in [5.41, 5.74) is 13.8. The molecular formula is C10H14N2O. The van der Waals surface area contributed by atoms with Crippen molar-refractivity contribution in [3.05, 3.63) is 34.9 Å². The summed E-state index contributed by atoms with van der Waals surface area (Å²) in [6, 6.07) is 5.78. The van der Waals surface area contributed by atoms with E-state index in [1.165, 1.54) is 0 Å². The molecule has 4 N–H and O–H groups in total. The van der Waals surface area contributed by atoms with Crippen LogP contribution in [0.1, 0.15) is 16.7 Å². The van der Waals surface area contributed by atoms with Crippen LogP contribution in [-0.4, -0.2) is 5.91 Å². The molecule has 0 aliphatic heterocycles. The lowest BCUT2D eigenvalue weighted by atomic mass is 10.0. The molecule has 0 aliphatic carbocycles. The summed E-state index contributed by atoms with van der Waals surface area (Å²) >= 11 is 0. The van der Waals surface area contributed by atoms with Crippen molar-refractivity contribution in [1.82, 2.24) is 0 Å². The van der Waals surface area contributed by atoms with Gasteiger partial charge in [-0.1, -0.05) is 18.2 Å². The number of hydrogen-bond acceptors (Lipinski definition) is 2. The third-order valence-electron chi connectivity index (χ3n) is 2.01. The minimum Gasteiger partial charge on any atom is -0.369 e. The van der Waals surface area contributed by atoms with E-state index in [2.05, 4.69) is 0 Å². The first-order valence-electron chi connectivity index (χ1n) is 4.20. The Labute approximate surface area is 77.7 Å². The van der Waals surface area contributed by atoms with Crippen molar-refractivity contribution in [2.24, 2.45) is 11.5 Å². The third-order valence-corrected chi connectivity index (χ3v) is 2.01. The number of primary amides is 1. The first-order chi connectivity index (χ1) is 6.13. The van der Waals surface area contributed by atoms with Gasteiger partial charge >= 0.3 is 0 Å². The molecule has 3 heteroatoms. The molecule has 0 saturated heterocycles. The van der Waals surface area contributed by atoms with Crippen molar-refractivity contribution in [2.45, 2.75) is 19.9 Å². The van der Waals surface area contributed by atoms with Gasteiger partial charge < -0.3 is 11.5 Å². The Morgan fingerprint density at radius 1 is 1.46 bits per heavy atom. The fourth-order valence-electron chi connectivity index (χ4n) is 1.30. The second kappa shape index (κ2) is 4.05. The van der Waals surface area contributed by atoms with Crippen LogP contribution in [0.3, 0.4) is 0 Å². The van der Waals surface area contributed by atoms with Crippen molar-refractivity contribution < 1.29 is 4.79 Å². The number of nitrogens with two attached hydrogens (primary N) is 2. The zero-order chi connectivity index (χ0) is 9.84. The molecule has 0 bridgehead atoms. The normalized spacial score (nSPS) is 10.0. The average molecular weight is 178 g/mol. The zero-order valence-corrected chi connectivity index (χ0v) is 7.71. The quantitative estimate of drug-likeness (QED) is 0.706. The zero-order valence-electron chi connectivity index (χ0n) is 7.71. The molecule has 0 unspecified atom stereocenters. The molecule has 1 aromatic carbocycles. The van der Waals surface area contributed by atoms with Crippen molar-refractivity contribution >= 4 is 5.91 Å². The predicted octanol–water partition coefficient (Wildman–Crippen LogP) is 0.482. The standard InChI is InChI=1S/C10H14N2O/c1-7-4-8(5-10(12)13)2-3-9(7)6-11/h2-4H,5-6,11H2,1H3,(H2,12,13). The van der Waals surface area contributed by atoms with Crippen molar-refractivity contribution in [3.63, 3.8) is 0 Å². The van der Waals surface area contributed by atoms with E-state index < -0.39 is 0 Å². The van der Waals surface area contributed by atoms with Gasteiger partial charge in [0, 0.05) is 6.54 Å². The maximum atomic E-state index is 10.6. The van der Waals surface area contributed by atoms with Crippen LogP contribution in [0.25, 0.3) is 0 Å². The molecule has 0 aromatic heterocycles. The van der Waals surface area contributed by atoms with Crippen LogP contribution >= 0.6 is 0 Å². The van der Waals surface area contributed by atoms with E-state index in [-0.39, 0.29) is 5.91 Å². The smallest absolute Gasteiger partial charge is 0.221 e. The van der Waals surface area contributed by atoms with Gasteiger partial charge in [0.2, 0.25) is 5.91 Å². The van der Waals surface area contributed by atoms with Gasteiger partial charge in [0.15, 0.2) is 0 Å². The lowest BCUT2D eigenvalue weighted by molar-refractivity contribution is -0.117. The number of benzene rings is 1. The van der Waals surface area contributed by atoms with E-state index in [9.17, 15) is 4.79 Å². The van der Waals surface area contributed by atoms with Gasteiger partial charge in [0.1, 0.15) is 0 Å². The molecule has 1 aromatic rings. The van der Waals surface area contributed by atoms with Crippen molar-refractivity contribution in [3.8, 4) is 0 Å². The second-order valence-corrected chi connectivity index (χ2v) is 3.11. The molecule has 70 valence electrons. The fraction of sp³-hybridized carbons (Fsp3) is 0.300. The summed E-state index contributed by atoms with van der Waals surface area (Å²) in [7, 11) is 0. The van der Waals surface area contributed by atoms with E-state index >= 15 is 0 Å². The number of amides is 1. The SMILES string of the molecule is Cc1cc(CC(N)=O)ccc1CN. The highest BCUT2D eigenvalue weighted by molar-refractivity contribution is 5.76. The monoisotopic (exact) mass is 178 g/mol. The van der Waals surface area contributed by atoms with Crippen LogP contribution in [0.15, 0.2) is 18.2 Å². The van der Waals surface area contributed by atoms with E-state index in [4.69, 9.17) is 11.5 Å². The number of hydrogen-bond donors (Lipinski definition) is 2.